The zero-order chi connectivity index (χ0) is 14.8. The van der Waals surface area contributed by atoms with Gasteiger partial charge in [-0.05, 0) is 39.3 Å². The molecule has 1 unspecified atom stereocenters. The molecule has 0 amide bonds. The Balaban J connectivity index is 2.23. The van der Waals surface area contributed by atoms with Crippen LogP contribution in [0.4, 0.5) is 11.4 Å². The van der Waals surface area contributed by atoms with Crippen molar-refractivity contribution in [1.82, 2.24) is 0 Å². The second-order valence-corrected chi connectivity index (χ2v) is 6.11. The highest BCUT2D eigenvalue weighted by Crippen LogP contribution is 2.35. The minimum atomic E-state index is -0.162. The Morgan fingerprint density at radius 3 is 2.85 bits per heavy atom. The van der Waals surface area contributed by atoms with Crippen LogP contribution < -0.4 is 15.4 Å². The normalized spacial score (nSPS) is 21.8. The predicted octanol–water partition coefficient (Wildman–Crippen LogP) is 3.06. The summed E-state index contributed by atoms with van der Waals surface area (Å²) < 4.78 is 11.7. The van der Waals surface area contributed by atoms with Gasteiger partial charge in [0.2, 0.25) is 0 Å². The first kappa shape index (κ1) is 15.0. The molecule has 1 aromatic rings. The molecule has 0 radical (unpaired) electrons. The minimum absolute atomic E-state index is 0.162. The molecule has 112 valence electrons. The molecule has 2 N–H and O–H groups in total. The van der Waals surface area contributed by atoms with Gasteiger partial charge in [-0.15, -0.1) is 0 Å². The number of morpholine rings is 1. The van der Waals surface area contributed by atoms with Crippen molar-refractivity contribution >= 4 is 11.4 Å². The number of nitrogens with two attached hydrogens (primary N) is 1. The lowest BCUT2D eigenvalue weighted by atomic mass is 10.0. The summed E-state index contributed by atoms with van der Waals surface area (Å²) in [6.45, 7) is 10.8. The van der Waals surface area contributed by atoms with Crippen molar-refractivity contribution in [2.45, 2.75) is 45.8 Å². The van der Waals surface area contributed by atoms with Gasteiger partial charge in [-0.3, -0.25) is 0 Å². The van der Waals surface area contributed by atoms with E-state index in [1.165, 1.54) is 0 Å². The third kappa shape index (κ3) is 3.37. The van der Waals surface area contributed by atoms with E-state index in [-0.39, 0.29) is 11.7 Å². The Morgan fingerprint density at radius 2 is 2.20 bits per heavy atom. The van der Waals surface area contributed by atoms with E-state index in [4.69, 9.17) is 15.2 Å². The summed E-state index contributed by atoms with van der Waals surface area (Å²) in [6, 6.07) is 6.00. The van der Waals surface area contributed by atoms with E-state index in [1.807, 2.05) is 12.1 Å². The van der Waals surface area contributed by atoms with Crippen LogP contribution in [0.15, 0.2) is 18.2 Å². The molecule has 1 heterocycles. The fourth-order valence-corrected chi connectivity index (χ4v) is 2.78. The average molecular weight is 278 g/mol. The van der Waals surface area contributed by atoms with Crippen LogP contribution in [0.25, 0.3) is 0 Å². The molecule has 2 rings (SSSR count). The SMILES string of the molecule is CCCOc1cccc(N2CC(C)OC(C)(C)C2)c1N. The highest BCUT2D eigenvalue weighted by Gasteiger charge is 2.32. The number of ether oxygens (including phenoxy) is 2. The molecule has 0 spiro atoms. The molecule has 4 nitrogen and oxygen atoms in total. The molecule has 1 aromatic carbocycles. The first-order chi connectivity index (χ1) is 9.43. The standard InChI is InChI=1S/C16H26N2O2/c1-5-9-19-14-8-6-7-13(15(14)17)18-10-12(2)20-16(3,4)11-18/h6-8,12H,5,9-11,17H2,1-4H3. The molecular weight excluding hydrogens is 252 g/mol. The lowest BCUT2D eigenvalue weighted by Gasteiger charge is -2.43. The Labute approximate surface area is 121 Å². The van der Waals surface area contributed by atoms with Gasteiger partial charge in [-0.1, -0.05) is 13.0 Å². The summed E-state index contributed by atoms with van der Waals surface area (Å²) in [5.74, 6) is 0.779. The highest BCUT2D eigenvalue weighted by atomic mass is 16.5. The van der Waals surface area contributed by atoms with Gasteiger partial charge in [-0.25, -0.2) is 0 Å². The summed E-state index contributed by atoms with van der Waals surface area (Å²) in [6.07, 6.45) is 1.17. The zero-order valence-electron chi connectivity index (χ0n) is 13.0. The van der Waals surface area contributed by atoms with Crippen LogP contribution in [0.3, 0.4) is 0 Å². The Kier molecular flexibility index (Phi) is 4.43. The van der Waals surface area contributed by atoms with Crippen LogP contribution in [0.5, 0.6) is 5.75 Å². The van der Waals surface area contributed by atoms with Crippen molar-refractivity contribution in [2.75, 3.05) is 30.3 Å². The Hall–Kier alpha value is -1.42. The first-order valence-electron chi connectivity index (χ1n) is 7.37. The second kappa shape index (κ2) is 5.92. The Morgan fingerprint density at radius 1 is 1.45 bits per heavy atom. The van der Waals surface area contributed by atoms with Gasteiger partial charge in [0.15, 0.2) is 0 Å². The second-order valence-electron chi connectivity index (χ2n) is 6.11. The van der Waals surface area contributed by atoms with E-state index in [0.29, 0.717) is 6.61 Å². The fraction of sp³-hybridized carbons (Fsp3) is 0.625. The van der Waals surface area contributed by atoms with E-state index in [1.54, 1.807) is 0 Å². The molecule has 0 aliphatic carbocycles. The van der Waals surface area contributed by atoms with Crippen molar-refractivity contribution in [3.8, 4) is 5.75 Å². The number of hydrogen-bond donors (Lipinski definition) is 1. The maximum atomic E-state index is 6.28. The van der Waals surface area contributed by atoms with Gasteiger partial charge in [0.1, 0.15) is 5.75 Å². The van der Waals surface area contributed by atoms with Gasteiger partial charge in [0.05, 0.1) is 29.7 Å². The van der Waals surface area contributed by atoms with E-state index >= 15 is 0 Å². The molecule has 0 saturated carbocycles. The van der Waals surface area contributed by atoms with Gasteiger partial charge < -0.3 is 20.1 Å². The van der Waals surface area contributed by atoms with Crippen LogP contribution in [0, 0.1) is 0 Å². The number of hydrogen-bond acceptors (Lipinski definition) is 4. The molecule has 0 aromatic heterocycles. The lowest BCUT2D eigenvalue weighted by molar-refractivity contribution is -0.0749. The molecule has 1 aliphatic rings. The first-order valence-corrected chi connectivity index (χ1v) is 7.37. The smallest absolute Gasteiger partial charge is 0.144 e. The van der Waals surface area contributed by atoms with E-state index in [9.17, 15) is 0 Å². The molecular formula is C16H26N2O2. The number of benzene rings is 1. The van der Waals surface area contributed by atoms with Gasteiger partial charge in [0.25, 0.3) is 0 Å². The largest absolute Gasteiger partial charge is 0.491 e. The number of nitrogen functional groups attached to an aromatic ring is 1. The summed E-state index contributed by atoms with van der Waals surface area (Å²) in [4.78, 5) is 2.29. The van der Waals surface area contributed by atoms with Crippen molar-refractivity contribution < 1.29 is 9.47 Å². The lowest BCUT2D eigenvalue weighted by Crippen LogP contribution is -2.52. The van der Waals surface area contributed by atoms with E-state index < -0.39 is 0 Å². The maximum Gasteiger partial charge on any atom is 0.144 e. The molecule has 1 fully saturated rings. The van der Waals surface area contributed by atoms with Crippen molar-refractivity contribution in [3.63, 3.8) is 0 Å². The van der Waals surface area contributed by atoms with Crippen LogP contribution in [-0.2, 0) is 4.74 Å². The monoisotopic (exact) mass is 278 g/mol. The number of rotatable bonds is 4. The van der Waals surface area contributed by atoms with E-state index in [2.05, 4.69) is 38.7 Å². The Bertz CT molecular complexity index is 460. The van der Waals surface area contributed by atoms with E-state index in [0.717, 1.165) is 36.6 Å². The quantitative estimate of drug-likeness (QED) is 0.860. The molecule has 1 aliphatic heterocycles. The summed E-state index contributed by atoms with van der Waals surface area (Å²) >= 11 is 0. The van der Waals surface area contributed by atoms with Crippen LogP contribution in [0.1, 0.15) is 34.1 Å². The zero-order valence-corrected chi connectivity index (χ0v) is 13.0. The minimum Gasteiger partial charge on any atom is -0.491 e. The molecule has 1 saturated heterocycles. The predicted molar refractivity (Wildman–Crippen MR) is 83.5 cm³/mol. The van der Waals surface area contributed by atoms with Crippen molar-refractivity contribution in [3.05, 3.63) is 18.2 Å². The highest BCUT2D eigenvalue weighted by molar-refractivity contribution is 5.74. The van der Waals surface area contributed by atoms with Gasteiger partial charge >= 0.3 is 0 Å². The molecule has 20 heavy (non-hydrogen) atoms. The third-order valence-corrected chi connectivity index (χ3v) is 3.41. The number of nitrogens with zero attached hydrogens (tertiary/aromatic N) is 1. The van der Waals surface area contributed by atoms with Crippen molar-refractivity contribution in [1.29, 1.82) is 0 Å². The molecule has 1 atom stereocenters. The van der Waals surface area contributed by atoms with Crippen molar-refractivity contribution in [2.24, 2.45) is 0 Å². The van der Waals surface area contributed by atoms with Crippen LogP contribution >= 0.6 is 0 Å². The fourth-order valence-electron chi connectivity index (χ4n) is 2.78. The molecule has 0 bridgehead atoms. The molecule has 4 heteroatoms. The number of anilines is 2. The number of para-hydroxylation sites is 1. The topological polar surface area (TPSA) is 47.7 Å². The summed E-state index contributed by atoms with van der Waals surface area (Å²) in [5.41, 5.74) is 7.89. The average Bonchev–Trinajstić information content (AvgIpc) is 2.35. The van der Waals surface area contributed by atoms with Gasteiger partial charge in [-0.2, -0.15) is 0 Å². The summed E-state index contributed by atoms with van der Waals surface area (Å²) in [5, 5.41) is 0. The van der Waals surface area contributed by atoms with Gasteiger partial charge in [0, 0.05) is 13.1 Å². The summed E-state index contributed by atoms with van der Waals surface area (Å²) in [7, 11) is 0. The third-order valence-electron chi connectivity index (χ3n) is 3.41. The van der Waals surface area contributed by atoms with Crippen LogP contribution in [-0.4, -0.2) is 31.4 Å². The maximum absolute atomic E-state index is 6.28. The van der Waals surface area contributed by atoms with Crippen LogP contribution in [0.2, 0.25) is 0 Å².